The van der Waals surface area contributed by atoms with E-state index in [1.807, 2.05) is 6.92 Å². The molecule has 1 aromatic rings. The Hall–Kier alpha value is -1.96. The van der Waals surface area contributed by atoms with Gasteiger partial charge < -0.3 is 10.3 Å². The third-order valence-electron chi connectivity index (χ3n) is 3.29. The second kappa shape index (κ2) is 5.35. The molecule has 1 aromatic heterocycles. The fourth-order valence-electron chi connectivity index (χ4n) is 1.67. The van der Waals surface area contributed by atoms with Gasteiger partial charge in [0.05, 0.1) is 4.92 Å². The minimum Gasteiger partial charge on any atom is -0.351 e. The average Bonchev–Trinajstić information content (AvgIpc) is 2.34. The van der Waals surface area contributed by atoms with Crippen molar-refractivity contribution < 1.29 is 4.92 Å². The van der Waals surface area contributed by atoms with E-state index in [-0.39, 0.29) is 28.8 Å². The maximum Gasteiger partial charge on any atom is 0.354 e. The van der Waals surface area contributed by atoms with Crippen molar-refractivity contribution in [3.05, 3.63) is 16.4 Å². The van der Waals surface area contributed by atoms with Crippen LogP contribution in [0.15, 0.2) is 6.33 Å². The zero-order valence-corrected chi connectivity index (χ0v) is 11.8. The van der Waals surface area contributed by atoms with Gasteiger partial charge in [0, 0.05) is 13.1 Å². The van der Waals surface area contributed by atoms with Gasteiger partial charge in [-0.05, 0) is 12.3 Å². The first-order valence-electron chi connectivity index (χ1n) is 5.89. The van der Waals surface area contributed by atoms with E-state index < -0.39 is 4.92 Å². The van der Waals surface area contributed by atoms with Crippen LogP contribution in [0.2, 0.25) is 0 Å². The second-order valence-electron chi connectivity index (χ2n) is 5.45. The number of hydrogen-bond acceptors (Lipinski definition) is 7. The highest BCUT2D eigenvalue weighted by Gasteiger charge is 2.31. The van der Waals surface area contributed by atoms with Crippen LogP contribution >= 0.6 is 0 Å². The van der Waals surface area contributed by atoms with Crippen molar-refractivity contribution in [2.45, 2.75) is 33.7 Å². The Morgan fingerprint density at radius 2 is 2.05 bits per heavy atom. The minimum atomic E-state index is -0.531. The molecule has 8 heteroatoms. The van der Waals surface area contributed by atoms with Crippen molar-refractivity contribution in [1.82, 2.24) is 9.97 Å². The zero-order valence-electron chi connectivity index (χ0n) is 11.8. The summed E-state index contributed by atoms with van der Waals surface area (Å²) in [6.45, 7) is 8.16. The number of aromatic nitrogens is 2. The number of nitrogen functional groups attached to an aromatic ring is 1. The number of anilines is 2. The largest absolute Gasteiger partial charge is 0.354 e. The number of nitrogens with zero attached hydrogens (tertiary/aromatic N) is 4. The lowest BCUT2D eigenvalue weighted by molar-refractivity contribution is -0.383. The Morgan fingerprint density at radius 3 is 2.47 bits per heavy atom. The van der Waals surface area contributed by atoms with Crippen LogP contribution < -0.4 is 16.2 Å². The third kappa shape index (κ3) is 3.08. The van der Waals surface area contributed by atoms with E-state index in [0.717, 1.165) is 0 Å². The molecule has 0 amide bonds. The number of nitrogens with one attached hydrogen (secondary N) is 1. The lowest BCUT2D eigenvalue weighted by Gasteiger charge is -2.35. The molecule has 1 atom stereocenters. The van der Waals surface area contributed by atoms with Gasteiger partial charge in [-0.2, -0.15) is 0 Å². The number of rotatable bonds is 4. The highest BCUT2D eigenvalue weighted by Crippen LogP contribution is 2.34. The normalized spacial score (nSPS) is 12.9. The molecule has 106 valence electrons. The molecule has 0 aliphatic rings. The van der Waals surface area contributed by atoms with Crippen LogP contribution in [0.1, 0.15) is 27.7 Å². The van der Waals surface area contributed by atoms with Crippen molar-refractivity contribution in [1.29, 1.82) is 0 Å². The van der Waals surface area contributed by atoms with Gasteiger partial charge in [-0.1, -0.05) is 20.8 Å². The molecule has 0 spiro atoms. The lowest BCUT2D eigenvalue weighted by Crippen LogP contribution is -2.40. The fraction of sp³-hybridized carbons (Fsp3) is 0.636. The van der Waals surface area contributed by atoms with E-state index in [0.29, 0.717) is 0 Å². The average molecular weight is 268 g/mol. The maximum atomic E-state index is 11.2. The summed E-state index contributed by atoms with van der Waals surface area (Å²) in [6.07, 6.45) is 1.25. The third-order valence-corrected chi connectivity index (χ3v) is 3.29. The molecule has 0 aliphatic heterocycles. The lowest BCUT2D eigenvalue weighted by atomic mass is 9.87. The molecule has 1 unspecified atom stereocenters. The molecular weight excluding hydrogens is 248 g/mol. The Kier molecular flexibility index (Phi) is 4.25. The topological polar surface area (TPSA) is 110 Å². The first kappa shape index (κ1) is 15.1. The molecule has 19 heavy (non-hydrogen) atoms. The summed E-state index contributed by atoms with van der Waals surface area (Å²) in [6, 6.07) is 0.0479. The van der Waals surface area contributed by atoms with Gasteiger partial charge in [0.25, 0.3) is 0 Å². The monoisotopic (exact) mass is 268 g/mol. The van der Waals surface area contributed by atoms with Crippen molar-refractivity contribution in [2.75, 3.05) is 17.4 Å². The van der Waals surface area contributed by atoms with Crippen LogP contribution in [-0.2, 0) is 0 Å². The van der Waals surface area contributed by atoms with Crippen molar-refractivity contribution in [2.24, 2.45) is 11.3 Å². The van der Waals surface area contributed by atoms with E-state index in [1.54, 1.807) is 11.9 Å². The number of nitrogens with two attached hydrogens (primary N) is 1. The van der Waals surface area contributed by atoms with Crippen LogP contribution in [0, 0.1) is 15.5 Å². The summed E-state index contributed by atoms with van der Waals surface area (Å²) >= 11 is 0. The predicted octanol–water partition coefficient (Wildman–Crippen LogP) is 1.54. The van der Waals surface area contributed by atoms with Crippen molar-refractivity contribution in [3.8, 4) is 0 Å². The molecular formula is C11H20N6O2. The first-order valence-corrected chi connectivity index (χ1v) is 5.89. The summed E-state index contributed by atoms with van der Waals surface area (Å²) in [4.78, 5) is 20.2. The van der Waals surface area contributed by atoms with Gasteiger partial charge >= 0.3 is 5.69 Å². The van der Waals surface area contributed by atoms with Crippen LogP contribution in [0.4, 0.5) is 17.3 Å². The van der Waals surface area contributed by atoms with E-state index in [1.165, 1.54) is 6.33 Å². The summed E-state index contributed by atoms with van der Waals surface area (Å²) in [7, 11) is 1.77. The van der Waals surface area contributed by atoms with Crippen molar-refractivity contribution in [3.63, 3.8) is 0 Å². The van der Waals surface area contributed by atoms with E-state index in [4.69, 9.17) is 5.84 Å². The van der Waals surface area contributed by atoms with Crippen LogP contribution in [0.3, 0.4) is 0 Å². The summed E-state index contributed by atoms with van der Waals surface area (Å²) in [5.74, 6) is 5.50. The Balaban J connectivity index is 3.31. The van der Waals surface area contributed by atoms with Crippen molar-refractivity contribution >= 4 is 17.3 Å². The molecule has 0 saturated carbocycles. The minimum absolute atomic E-state index is 0.00274. The molecule has 0 aliphatic carbocycles. The van der Waals surface area contributed by atoms with Crippen LogP contribution in [0.25, 0.3) is 0 Å². The first-order chi connectivity index (χ1) is 8.70. The zero-order chi connectivity index (χ0) is 14.8. The van der Waals surface area contributed by atoms with Crippen LogP contribution in [0.5, 0.6) is 0 Å². The number of hydrazine groups is 1. The fourth-order valence-corrected chi connectivity index (χ4v) is 1.67. The summed E-state index contributed by atoms with van der Waals surface area (Å²) < 4.78 is 0. The quantitative estimate of drug-likeness (QED) is 0.484. The molecule has 0 bridgehead atoms. The Morgan fingerprint density at radius 1 is 1.47 bits per heavy atom. The number of nitro groups is 1. The van der Waals surface area contributed by atoms with Gasteiger partial charge in [-0.3, -0.25) is 10.1 Å². The van der Waals surface area contributed by atoms with Crippen LogP contribution in [-0.4, -0.2) is 28.0 Å². The molecule has 0 saturated heterocycles. The predicted molar refractivity (Wildman–Crippen MR) is 73.8 cm³/mol. The summed E-state index contributed by atoms with van der Waals surface area (Å²) in [5.41, 5.74) is 1.96. The molecule has 8 nitrogen and oxygen atoms in total. The Bertz CT molecular complexity index is 471. The van der Waals surface area contributed by atoms with Gasteiger partial charge in [-0.25, -0.2) is 15.8 Å². The SMILES string of the molecule is CC(N(C)c1ncnc(NN)c1[N+](=O)[O-])C(C)(C)C. The molecule has 0 fully saturated rings. The highest BCUT2D eigenvalue weighted by atomic mass is 16.6. The van der Waals surface area contributed by atoms with E-state index in [9.17, 15) is 10.1 Å². The van der Waals surface area contributed by atoms with E-state index >= 15 is 0 Å². The van der Waals surface area contributed by atoms with E-state index in [2.05, 4.69) is 36.2 Å². The summed E-state index contributed by atoms with van der Waals surface area (Å²) in [5, 5.41) is 11.2. The van der Waals surface area contributed by atoms with Gasteiger partial charge in [0.15, 0.2) is 0 Å². The van der Waals surface area contributed by atoms with Gasteiger partial charge in [0.1, 0.15) is 6.33 Å². The molecule has 3 N–H and O–H groups in total. The second-order valence-corrected chi connectivity index (χ2v) is 5.45. The maximum absolute atomic E-state index is 11.2. The molecule has 0 radical (unpaired) electrons. The smallest absolute Gasteiger partial charge is 0.351 e. The van der Waals surface area contributed by atoms with Gasteiger partial charge in [0.2, 0.25) is 11.6 Å². The number of hydrogen-bond donors (Lipinski definition) is 2. The standard InChI is InChI=1S/C11H20N6O2/c1-7(11(2,3)4)16(5)10-8(17(18)19)9(15-12)13-6-14-10/h6-7H,12H2,1-5H3,(H,13,14,15). The molecule has 1 rings (SSSR count). The van der Waals surface area contributed by atoms with Gasteiger partial charge in [-0.15, -0.1) is 0 Å². The molecule has 0 aromatic carbocycles. The molecule has 1 heterocycles. The Labute approximate surface area is 112 Å². The highest BCUT2D eigenvalue weighted by molar-refractivity contribution is 5.69.